The van der Waals surface area contributed by atoms with Crippen LogP contribution in [0.15, 0.2) is 0 Å². The van der Waals surface area contributed by atoms with Gasteiger partial charge >= 0.3 is 0 Å². The Bertz CT molecular complexity index is 233. The maximum atomic E-state index is 12.0. The van der Waals surface area contributed by atoms with Crippen LogP contribution in [0.2, 0.25) is 0 Å². The van der Waals surface area contributed by atoms with Gasteiger partial charge in [-0.2, -0.15) is 0 Å². The third-order valence-electron chi connectivity index (χ3n) is 3.42. The molecule has 1 amide bonds. The molecule has 100 valence electrons. The van der Waals surface area contributed by atoms with Gasteiger partial charge in [-0.25, -0.2) is 0 Å². The van der Waals surface area contributed by atoms with Crippen LogP contribution in [0.25, 0.3) is 0 Å². The first-order valence-electron chi connectivity index (χ1n) is 6.74. The Morgan fingerprint density at radius 3 is 2.82 bits per heavy atom. The molecule has 0 aromatic heterocycles. The molecule has 3 atom stereocenters. The fourth-order valence-electron chi connectivity index (χ4n) is 2.22. The summed E-state index contributed by atoms with van der Waals surface area (Å²) in [6.07, 6.45) is 4.72. The Morgan fingerprint density at radius 2 is 2.18 bits per heavy atom. The van der Waals surface area contributed by atoms with E-state index < -0.39 is 0 Å². The van der Waals surface area contributed by atoms with Gasteiger partial charge in [0.25, 0.3) is 0 Å². The van der Waals surface area contributed by atoms with E-state index in [1.807, 2.05) is 7.05 Å². The molecular weight excluding hydrogens is 216 g/mol. The lowest BCUT2D eigenvalue weighted by Crippen LogP contribution is -2.45. The molecule has 0 aliphatic carbocycles. The lowest BCUT2D eigenvalue weighted by Gasteiger charge is -2.20. The van der Waals surface area contributed by atoms with Gasteiger partial charge in [0.05, 0.1) is 19.1 Å². The summed E-state index contributed by atoms with van der Waals surface area (Å²) in [6, 6.07) is 0.435. The molecule has 1 rings (SSSR count). The van der Waals surface area contributed by atoms with Crippen molar-refractivity contribution in [2.24, 2.45) is 5.92 Å². The summed E-state index contributed by atoms with van der Waals surface area (Å²) in [6.45, 7) is 5.45. The summed E-state index contributed by atoms with van der Waals surface area (Å²) < 4.78 is 5.34. The Hall–Kier alpha value is -0.610. The first-order valence-corrected chi connectivity index (χ1v) is 6.74. The lowest BCUT2D eigenvalue weighted by molar-refractivity contribution is -0.126. The van der Waals surface area contributed by atoms with Gasteiger partial charge in [0.2, 0.25) is 5.91 Å². The molecule has 1 aliphatic rings. The van der Waals surface area contributed by atoms with E-state index in [0.717, 1.165) is 6.42 Å². The summed E-state index contributed by atoms with van der Waals surface area (Å²) >= 11 is 0. The molecule has 0 bridgehead atoms. The number of nitrogens with one attached hydrogen (secondary N) is 2. The van der Waals surface area contributed by atoms with Gasteiger partial charge in [-0.1, -0.05) is 26.2 Å². The third-order valence-corrected chi connectivity index (χ3v) is 3.42. The van der Waals surface area contributed by atoms with Gasteiger partial charge in [-0.3, -0.25) is 4.79 Å². The second kappa shape index (κ2) is 7.67. The summed E-state index contributed by atoms with van der Waals surface area (Å²) in [5.74, 6) is 0.0967. The smallest absolute Gasteiger partial charge is 0.227 e. The number of unbranched alkanes of at least 4 members (excludes halogenated alkanes) is 2. The van der Waals surface area contributed by atoms with E-state index in [2.05, 4.69) is 24.5 Å². The number of ether oxygens (including phenoxy) is 1. The maximum Gasteiger partial charge on any atom is 0.227 e. The normalized spacial score (nSPS) is 25.8. The SMILES string of the molecule is CCCCCC(C)NC(=O)C1COCC1NC. The standard InChI is InChI=1S/C13H26N2O2/c1-4-5-6-7-10(2)15-13(16)11-8-17-9-12(11)14-3/h10-12,14H,4-9H2,1-3H3,(H,15,16). The number of likely N-dealkylation sites (N-methyl/N-ethyl adjacent to an activating group) is 1. The minimum Gasteiger partial charge on any atom is -0.379 e. The predicted molar refractivity (Wildman–Crippen MR) is 68.9 cm³/mol. The van der Waals surface area contributed by atoms with Crippen LogP contribution in [-0.2, 0) is 9.53 Å². The molecule has 1 heterocycles. The van der Waals surface area contributed by atoms with Crippen LogP contribution in [0.1, 0.15) is 39.5 Å². The van der Waals surface area contributed by atoms with Crippen molar-refractivity contribution in [2.45, 2.75) is 51.6 Å². The van der Waals surface area contributed by atoms with Crippen LogP contribution >= 0.6 is 0 Å². The maximum absolute atomic E-state index is 12.0. The van der Waals surface area contributed by atoms with E-state index in [9.17, 15) is 4.79 Å². The molecule has 2 N–H and O–H groups in total. The van der Waals surface area contributed by atoms with Crippen LogP contribution in [0, 0.1) is 5.92 Å². The number of carbonyl (C=O) groups is 1. The quantitative estimate of drug-likeness (QED) is 0.662. The van der Waals surface area contributed by atoms with E-state index in [4.69, 9.17) is 4.74 Å². The number of hydrogen-bond donors (Lipinski definition) is 2. The van der Waals surface area contributed by atoms with Crippen molar-refractivity contribution in [3.8, 4) is 0 Å². The van der Waals surface area contributed by atoms with Gasteiger partial charge in [0.1, 0.15) is 0 Å². The summed E-state index contributed by atoms with van der Waals surface area (Å²) in [5.41, 5.74) is 0. The zero-order chi connectivity index (χ0) is 12.7. The highest BCUT2D eigenvalue weighted by molar-refractivity contribution is 5.80. The Balaban J connectivity index is 2.27. The van der Waals surface area contributed by atoms with Gasteiger partial charge in [0, 0.05) is 12.1 Å². The Kier molecular flexibility index (Phi) is 6.52. The van der Waals surface area contributed by atoms with Crippen LogP contribution in [0.3, 0.4) is 0 Å². The minimum atomic E-state index is -0.0337. The molecule has 1 aliphatic heterocycles. The molecule has 0 spiro atoms. The summed E-state index contributed by atoms with van der Waals surface area (Å²) in [5, 5.41) is 6.22. The fraction of sp³-hybridized carbons (Fsp3) is 0.923. The minimum absolute atomic E-state index is 0.0337. The average Bonchev–Trinajstić information content (AvgIpc) is 2.77. The van der Waals surface area contributed by atoms with Crippen LogP contribution in [0.4, 0.5) is 0 Å². The van der Waals surface area contributed by atoms with Crippen LogP contribution < -0.4 is 10.6 Å². The molecule has 17 heavy (non-hydrogen) atoms. The zero-order valence-electron chi connectivity index (χ0n) is 11.3. The van der Waals surface area contributed by atoms with E-state index in [-0.39, 0.29) is 23.9 Å². The van der Waals surface area contributed by atoms with Crippen molar-refractivity contribution in [3.63, 3.8) is 0 Å². The molecule has 1 saturated heterocycles. The van der Waals surface area contributed by atoms with E-state index in [1.165, 1.54) is 19.3 Å². The van der Waals surface area contributed by atoms with Crippen LogP contribution in [0.5, 0.6) is 0 Å². The van der Waals surface area contributed by atoms with E-state index in [1.54, 1.807) is 0 Å². The van der Waals surface area contributed by atoms with E-state index >= 15 is 0 Å². The molecule has 3 unspecified atom stereocenters. The van der Waals surface area contributed by atoms with Crippen molar-refractivity contribution in [3.05, 3.63) is 0 Å². The first kappa shape index (κ1) is 14.5. The number of carbonyl (C=O) groups excluding carboxylic acids is 1. The molecule has 0 radical (unpaired) electrons. The second-order valence-corrected chi connectivity index (χ2v) is 4.94. The monoisotopic (exact) mass is 242 g/mol. The summed E-state index contributed by atoms with van der Waals surface area (Å²) in [7, 11) is 1.88. The molecule has 0 aromatic rings. The van der Waals surface area contributed by atoms with Crippen LogP contribution in [-0.4, -0.2) is 38.3 Å². The molecule has 4 heteroatoms. The van der Waals surface area contributed by atoms with Crippen molar-refractivity contribution in [1.82, 2.24) is 10.6 Å². The molecule has 4 nitrogen and oxygen atoms in total. The molecule has 1 fully saturated rings. The molecule has 0 aromatic carbocycles. The van der Waals surface area contributed by atoms with Gasteiger partial charge in [-0.15, -0.1) is 0 Å². The largest absolute Gasteiger partial charge is 0.379 e. The van der Waals surface area contributed by atoms with Crippen molar-refractivity contribution in [1.29, 1.82) is 0 Å². The second-order valence-electron chi connectivity index (χ2n) is 4.94. The zero-order valence-corrected chi connectivity index (χ0v) is 11.3. The highest BCUT2D eigenvalue weighted by atomic mass is 16.5. The Labute approximate surface area is 104 Å². The third kappa shape index (κ3) is 4.64. The summed E-state index contributed by atoms with van der Waals surface area (Å²) in [4.78, 5) is 12.0. The topological polar surface area (TPSA) is 50.4 Å². The predicted octanol–water partition coefficient (Wildman–Crippen LogP) is 1.31. The highest BCUT2D eigenvalue weighted by Crippen LogP contribution is 2.14. The molecule has 0 saturated carbocycles. The number of rotatable bonds is 7. The first-order chi connectivity index (χ1) is 8.19. The molecular formula is C13H26N2O2. The Morgan fingerprint density at radius 1 is 1.41 bits per heavy atom. The lowest BCUT2D eigenvalue weighted by atomic mass is 10.0. The van der Waals surface area contributed by atoms with Crippen molar-refractivity contribution in [2.75, 3.05) is 20.3 Å². The fourth-order valence-corrected chi connectivity index (χ4v) is 2.22. The van der Waals surface area contributed by atoms with Gasteiger partial charge < -0.3 is 15.4 Å². The highest BCUT2D eigenvalue weighted by Gasteiger charge is 2.33. The average molecular weight is 242 g/mol. The van der Waals surface area contributed by atoms with Crippen molar-refractivity contribution >= 4 is 5.91 Å². The van der Waals surface area contributed by atoms with E-state index in [0.29, 0.717) is 13.2 Å². The number of amides is 1. The van der Waals surface area contributed by atoms with Gasteiger partial charge in [-0.05, 0) is 20.4 Å². The number of hydrogen-bond acceptors (Lipinski definition) is 3. The van der Waals surface area contributed by atoms with Crippen molar-refractivity contribution < 1.29 is 9.53 Å². The van der Waals surface area contributed by atoms with Gasteiger partial charge in [0.15, 0.2) is 0 Å².